The molecule has 0 heterocycles. The highest BCUT2D eigenvalue weighted by molar-refractivity contribution is 9.10. The molecule has 3 heteroatoms. The minimum absolute atomic E-state index is 0.634. The van der Waals surface area contributed by atoms with Crippen LogP contribution < -0.4 is 5.32 Å². The van der Waals surface area contributed by atoms with Gasteiger partial charge in [0.25, 0.3) is 0 Å². The van der Waals surface area contributed by atoms with E-state index in [4.69, 9.17) is 0 Å². The molecule has 1 aromatic rings. The molecular formula is C15H25BrN2. The van der Waals surface area contributed by atoms with E-state index in [2.05, 4.69) is 71.3 Å². The molecule has 0 aliphatic rings. The molecule has 0 saturated carbocycles. The summed E-state index contributed by atoms with van der Waals surface area (Å²) in [7, 11) is 2.17. The maximum atomic E-state index is 3.56. The van der Waals surface area contributed by atoms with Gasteiger partial charge in [0.15, 0.2) is 0 Å². The Morgan fingerprint density at radius 3 is 2.83 bits per heavy atom. The van der Waals surface area contributed by atoms with Crippen molar-refractivity contribution in [3.05, 3.63) is 34.3 Å². The van der Waals surface area contributed by atoms with E-state index >= 15 is 0 Å². The van der Waals surface area contributed by atoms with E-state index in [9.17, 15) is 0 Å². The number of likely N-dealkylation sites (N-methyl/N-ethyl adjacent to an activating group) is 1. The number of halogens is 1. The van der Waals surface area contributed by atoms with Gasteiger partial charge in [-0.2, -0.15) is 0 Å². The topological polar surface area (TPSA) is 15.3 Å². The predicted octanol–water partition coefficient (Wildman–Crippen LogP) is 3.66. The van der Waals surface area contributed by atoms with Crippen molar-refractivity contribution in [3.8, 4) is 0 Å². The van der Waals surface area contributed by atoms with Crippen LogP contribution in [0, 0.1) is 0 Å². The van der Waals surface area contributed by atoms with Crippen LogP contribution in [0.15, 0.2) is 28.7 Å². The lowest BCUT2D eigenvalue weighted by atomic mass is 10.2. The monoisotopic (exact) mass is 312 g/mol. The highest BCUT2D eigenvalue weighted by Gasteiger charge is 2.02. The molecule has 0 aliphatic heterocycles. The second-order valence-corrected chi connectivity index (χ2v) is 5.93. The molecular weight excluding hydrogens is 288 g/mol. The molecule has 1 unspecified atom stereocenters. The lowest BCUT2D eigenvalue weighted by molar-refractivity contribution is 0.316. The van der Waals surface area contributed by atoms with Crippen molar-refractivity contribution < 1.29 is 0 Å². The summed E-state index contributed by atoms with van der Waals surface area (Å²) in [6, 6.07) is 9.15. The van der Waals surface area contributed by atoms with Crippen molar-refractivity contribution in [2.24, 2.45) is 0 Å². The van der Waals surface area contributed by atoms with Gasteiger partial charge >= 0.3 is 0 Å². The lowest BCUT2D eigenvalue weighted by Crippen LogP contribution is -2.34. The molecule has 1 aromatic carbocycles. The molecule has 102 valence electrons. The fourth-order valence-corrected chi connectivity index (χ4v) is 2.51. The van der Waals surface area contributed by atoms with Crippen molar-refractivity contribution >= 4 is 15.9 Å². The summed E-state index contributed by atoms with van der Waals surface area (Å²) >= 11 is 3.51. The third kappa shape index (κ3) is 6.53. The number of benzene rings is 1. The van der Waals surface area contributed by atoms with Crippen LogP contribution in [-0.2, 0) is 6.54 Å². The molecule has 0 amide bonds. The zero-order valence-electron chi connectivity index (χ0n) is 11.7. The number of hydrogen-bond donors (Lipinski definition) is 1. The average Bonchev–Trinajstić information content (AvgIpc) is 2.29. The first-order valence-corrected chi connectivity index (χ1v) is 7.57. The Balaban J connectivity index is 2.23. The number of hydrogen-bond acceptors (Lipinski definition) is 2. The highest BCUT2D eigenvalue weighted by Crippen LogP contribution is 2.12. The minimum Gasteiger partial charge on any atom is -0.313 e. The van der Waals surface area contributed by atoms with Gasteiger partial charge in [-0.15, -0.1) is 0 Å². The molecule has 1 rings (SSSR count). The van der Waals surface area contributed by atoms with Gasteiger partial charge in [0.05, 0.1) is 0 Å². The third-order valence-corrected chi connectivity index (χ3v) is 3.54. The van der Waals surface area contributed by atoms with Crippen LogP contribution in [0.3, 0.4) is 0 Å². The molecule has 0 spiro atoms. The second kappa shape index (κ2) is 8.68. The number of nitrogens with zero attached hydrogens (tertiary/aromatic N) is 1. The fourth-order valence-electron chi connectivity index (χ4n) is 2.06. The highest BCUT2D eigenvalue weighted by atomic mass is 79.9. The smallest absolute Gasteiger partial charge is 0.0231 e. The lowest BCUT2D eigenvalue weighted by Gasteiger charge is -2.19. The van der Waals surface area contributed by atoms with Gasteiger partial charge in [-0.05, 0) is 38.1 Å². The van der Waals surface area contributed by atoms with E-state index < -0.39 is 0 Å². The summed E-state index contributed by atoms with van der Waals surface area (Å²) in [5.74, 6) is 0. The van der Waals surface area contributed by atoms with Gasteiger partial charge in [-0.25, -0.2) is 0 Å². The fraction of sp³-hybridized carbons (Fsp3) is 0.600. The van der Waals surface area contributed by atoms with Crippen LogP contribution in [0.5, 0.6) is 0 Å². The first kappa shape index (κ1) is 15.7. The van der Waals surface area contributed by atoms with Gasteiger partial charge < -0.3 is 10.2 Å². The van der Waals surface area contributed by atoms with E-state index in [0.717, 1.165) is 24.1 Å². The average molecular weight is 313 g/mol. The quantitative estimate of drug-likeness (QED) is 0.788. The standard InChI is InChI=1S/C15H25BrN2/c1-4-6-13(2)17-9-10-18(3)12-14-7-5-8-15(16)11-14/h5,7-8,11,13,17H,4,6,9-10,12H2,1-3H3. The molecule has 0 fully saturated rings. The van der Waals surface area contributed by atoms with E-state index in [1.54, 1.807) is 0 Å². The molecule has 0 saturated heterocycles. The number of nitrogens with one attached hydrogen (secondary N) is 1. The minimum atomic E-state index is 0.634. The van der Waals surface area contributed by atoms with Crippen LogP contribution >= 0.6 is 15.9 Å². The van der Waals surface area contributed by atoms with Crippen LogP contribution in [0.2, 0.25) is 0 Å². The second-order valence-electron chi connectivity index (χ2n) is 5.01. The van der Waals surface area contributed by atoms with Crippen LogP contribution in [0.4, 0.5) is 0 Å². The van der Waals surface area contributed by atoms with Crippen molar-refractivity contribution in [1.29, 1.82) is 0 Å². The van der Waals surface area contributed by atoms with Crippen LogP contribution in [0.25, 0.3) is 0 Å². The first-order chi connectivity index (χ1) is 8.61. The van der Waals surface area contributed by atoms with Crippen molar-refractivity contribution in [2.45, 2.75) is 39.3 Å². The Morgan fingerprint density at radius 2 is 2.17 bits per heavy atom. The Hall–Kier alpha value is -0.380. The molecule has 18 heavy (non-hydrogen) atoms. The van der Waals surface area contributed by atoms with E-state index in [0.29, 0.717) is 6.04 Å². The Labute approximate surface area is 120 Å². The summed E-state index contributed by atoms with van der Waals surface area (Å²) in [4.78, 5) is 2.35. The maximum absolute atomic E-state index is 3.56. The van der Waals surface area contributed by atoms with Gasteiger partial charge in [0.1, 0.15) is 0 Å². The van der Waals surface area contributed by atoms with Gasteiger partial charge in [-0.3, -0.25) is 0 Å². The molecule has 1 N–H and O–H groups in total. The maximum Gasteiger partial charge on any atom is 0.0231 e. The zero-order valence-corrected chi connectivity index (χ0v) is 13.3. The molecule has 1 atom stereocenters. The van der Waals surface area contributed by atoms with Crippen LogP contribution in [-0.4, -0.2) is 31.1 Å². The molecule has 0 radical (unpaired) electrons. The Kier molecular flexibility index (Phi) is 7.56. The largest absolute Gasteiger partial charge is 0.313 e. The molecule has 0 bridgehead atoms. The van der Waals surface area contributed by atoms with E-state index in [1.165, 1.54) is 18.4 Å². The third-order valence-electron chi connectivity index (χ3n) is 3.05. The van der Waals surface area contributed by atoms with Crippen molar-refractivity contribution in [3.63, 3.8) is 0 Å². The number of rotatable bonds is 8. The molecule has 2 nitrogen and oxygen atoms in total. The SMILES string of the molecule is CCCC(C)NCCN(C)Cc1cccc(Br)c1. The predicted molar refractivity (Wildman–Crippen MR) is 82.8 cm³/mol. The van der Waals surface area contributed by atoms with E-state index in [1.807, 2.05) is 0 Å². The normalized spacial score (nSPS) is 12.9. The Morgan fingerprint density at radius 1 is 1.39 bits per heavy atom. The summed E-state index contributed by atoms with van der Waals surface area (Å²) in [5.41, 5.74) is 1.36. The van der Waals surface area contributed by atoms with Gasteiger partial charge in [0, 0.05) is 30.1 Å². The molecule has 0 aromatic heterocycles. The Bertz CT molecular complexity index is 341. The van der Waals surface area contributed by atoms with Crippen molar-refractivity contribution in [2.75, 3.05) is 20.1 Å². The first-order valence-electron chi connectivity index (χ1n) is 6.78. The summed E-state index contributed by atoms with van der Waals surface area (Å²) in [6.45, 7) is 7.64. The summed E-state index contributed by atoms with van der Waals surface area (Å²) in [6.07, 6.45) is 2.51. The zero-order chi connectivity index (χ0) is 13.4. The van der Waals surface area contributed by atoms with Crippen molar-refractivity contribution in [1.82, 2.24) is 10.2 Å². The van der Waals surface area contributed by atoms with E-state index in [-0.39, 0.29) is 0 Å². The molecule has 0 aliphatic carbocycles. The van der Waals surface area contributed by atoms with Crippen LogP contribution in [0.1, 0.15) is 32.3 Å². The van der Waals surface area contributed by atoms with Gasteiger partial charge in [0.2, 0.25) is 0 Å². The summed E-state index contributed by atoms with van der Waals surface area (Å²) < 4.78 is 1.16. The van der Waals surface area contributed by atoms with Gasteiger partial charge in [-0.1, -0.05) is 41.4 Å². The summed E-state index contributed by atoms with van der Waals surface area (Å²) in [5, 5.41) is 3.56.